The van der Waals surface area contributed by atoms with Crippen molar-refractivity contribution >= 4 is 15.9 Å². The van der Waals surface area contributed by atoms with Crippen molar-refractivity contribution in [2.45, 2.75) is 56.4 Å². The first-order chi connectivity index (χ1) is 8.79. The summed E-state index contributed by atoms with van der Waals surface area (Å²) in [6.45, 7) is 2.25. The molecule has 0 aliphatic heterocycles. The van der Waals surface area contributed by atoms with Crippen LogP contribution in [0.3, 0.4) is 0 Å². The lowest BCUT2D eigenvalue weighted by Gasteiger charge is -2.21. The third-order valence-corrected chi connectivity index (χ3v) is 4.46. The molecule has 0 heterocycles. The summed E-state index contributed by atoms with van der Waals surface area (Å²) in [6, 6.07) is 10.5. The van der Waals surface area contributed by atoms with Crippen LogP contribution in [0.25, 0.3) is 0 Å². The molecule has 0 saturated heterocycles. The van der Waals surface area contributed by atoms with Gasteiger partial charge in [0.05, 0.1) is 10.9 Å². The van der Waals surface area contributed by atoms with Crippen molar-refractivity contribution in [1.82, 2.24) is 0 Å². The van der Waals surface area contributed by atoms with E-state index in [4.69, 9.17) is 4.74 Å². The first-order valence-electron chi connectivity index (χ1n) is 7.01. The number of rotatable bonds is 9. The van der Waals surface area contributed by atoms with Gasteiger partial charge in [-0.3, -0.25) is 0 Å². The number of hydrogen-bond acceptors (Lipinski definition) is 1. The zero-order valence-corrected chi connectivity index (χ0v) is 13.2. The Morgan fingerprint density at radius 3 is 2.33 bits per heavy atom. The van der Waals surface area contributed by atoms with Crippen LogP contribution in [0.1, 0.15) is 55.8 Å². The highest BCUT2D eigenvalue weighted by molar-refractivity contribution is 9.09. The molecule has 102 valence electrons. The van der Waals surface area contributed by atoms with Crippen LogP contribution in [0.5, 0.6) is 0 Å². The van der Waals surface area contributed by atoms with E-state index in [-0.39, 0.29) is 6.10 Å². The molecule has 1 nitrogen and oxygen atoms in total. The number of hydrogen-bond donors (Lipinski definition) is 0. The highest BCUT2D eigenvalue weighted by atomic mass is 79.9. The zero-order valence-electron chi connectivity index (χ0n) is 11.6. The Balaban J connectivity index is 2.36. The third-order valence-electron chi connectivity index (χ3n) is 3.34. The lowest BCUT2D eigenvalue weighted by molar-refractivity contribution is 0.0921. The molecule has 2 heteroatoms. The summed E-state index contributed by atoms with van der Waals surface area (Å²) in [5, 5.41) is 0. The monoisotopic (exact) mass is 312 g/mol. The van der Waals surface area contributed by atoms with Crippen LogP contribution in [-0.4, -0.2) is 13.2 Å². The molecular formula is C16H25BrO. The van der Waals surface area contributed by atoms with E-state index in [0.717, 1.165) is 6.42 Å². The lowest BCUT2D eigenvalue weighted by Crippen LogP contribution is -2.16. The van der Waals surface area contributed by atoms with Crippen LogP contribution in [0.15, 0.2) is 30.3 Å². The minimum Gasteiger partial charge on any atom is -0.380 e. The van der Waals surface area contributed by atoms with Crippen molar-refractivity contribution in [2.24, 2.45) is 0 Å². The second-order valence-corrected chi connectivity index (χ2v) is 5.78. The van der Waals surface area contributed by atoms with E-state index in [9.17, 15) is 0 Å². The lowest BCUT2D eigenvalue weighted by atomic mass is 10.0. The average molecular weight is 313 g/mol. The Morgan fingerprint density at radius 2 is 1.72 bits per heavy atom. The van der Waals surface area contributed by atoms with Gasteiger partial charge >= 0.3 is 0 Å². The van der Waals surface area contributed by atoms with Crippen LogP contribution < -0.4 is 0 Å². The maximum Gasteiger partial charge on any atom is 0.0737 e. The van der Waals surface area contributed by atoms with Crippen LogP contribution in [0, 0.1) is 0 Å². The SMILES string of the molecule is CCCCCCCC(OC)C(Br)c1ccccc1. The molecule has 2 unspecified atom stereocenters. The number of methoxy groups -OCH3 is 1. The maximum atomic E-state index is 5.63. The molecular weight excluding hydrogens is 288 g/mol. The molecule has 0 saturated carbocycles. The van der Waals surface area contributed by atoms with Gasteiger partial charge in [-0.1, -0.05) is 85.3 Å². The molecule has 1 aromatic carbocycles. The van der Waals surface area contributed by atoms with Gasteiger partial charge in [0.15, 0.2) is 0 Å². The quantitative estimate of drug-likeness (QED) is 0.432. The van der Waals surface area contributed by atoms with Gasteiger partial charge in [-0.2, -0.15) is 0 Å². The molecule has 0 radical (unpaired) electrons. The van der Waals surface area contributed by atoms with E-state index in [1.54, 1.807) is 0 Å². The van der Waals surface area contributed by atoms with Crippen LogP contribution in [-0.2, 0) is 4.74 Å². The molecule has 2 atom stereocenters. The molecule has 0 amide bonds. The van der Waals surface area contributed by atoms with E-state index in [2.05, 4.69) is 53.2 Å². The second-order valence-electron chi connectivity index (χ2n) is 4.79. The summed E-state index contributed by atoms with van der Waals surface area (Å²) in [5.74, 6) is 0. The van der Waals surface area contributed by atoms with Crippen LogP contribution in [0.4, 0.5) is 0 Å². The molecule has 0 aromatic heterocycles. The van der Waals surface area contributed by atoms with E-state index in [1.165, 1.54) is 37.7 Å². The van der Waals surface area contributed by atoms with Gasteiger partial charge in [-0.05, 0) is 12.0 Å². The standard InChI is InChI=1S/C16H25BrO/c1-3-4-5-6-10-13-15(18-2)16(17)14-11-8-7-9-12-14/h7-9,11-12,15-16H,3-6,10,13H2,1-2H3. The molecule has 0 spiro atoms. The van der Waals surface area contributed by atoms with Crippen molar-refractivity contribution in [3.05, 3.63) is 35.9 Å². The maximum absolute atomic E-state index is 5.63. The molecule has 1 rings (SSSR count). The van der Waals surface area contributed by atoms with Crippen LogP contribution in [0.2, 0.25) is 0 Å². The van der Waals surface area contributed by atoms with Gasteiger partial charge in [-0.25, -0.2) is 0 Å². The Labute approximate surface area is 120 Å². The third kappa shape index (κ3) is 5.53. The van der Waals surface area contributed by atoms with Gasteiger partial charge in [0.1, 0.15) is 0 Å². The van der Waals surface area contributed by atoms with Gasteiger partial charge in [-0.15, -0.1) is 0 Å². The second kappa shape index (κ2) is 9.57. The molecule has 0 N–H and O–H groups in total. The predicted molar refractivity (Wildman–Crippen MR) is 82.3 cm³/mol. The number of halogens is 1. The number of ether oxygens (including phenoxy) is 1. The minimum absolute atomic E-state index is 0.272. The van der Waals surface area contributed by atoms with Gasteiger partial charge in [0, 0.05) is 7.11 Å². The van der Waals surface area contributed by atoms with Gasteiger partial charge in [0.2, 0.25) is 0 Å². The topological polar surface area (TPSA) is 9.23 Å². The van der Waals surface area contributed by atoms with Crippen molar-refractivity contribution in [1.29, 1.82) is 0 Å². The van der Waals surface area contributed by atoms with Crippen molar-refractivity contribution in [3.8, 4) is 0 Å². The van der Waals surface area contributed by atoms with Crippen molar-refractivity contribution in [3.63, 3.8) is 0 Å². The van der Waals surface area contributed by atoms with E-state index >= 15 is 0 Å². The number of unbranched alkanes of at least 4 members (excludes halogenated alkanes) is 4. The first-order valence-corrected chi connectivity index (χ1v) is 7.93. The molecule has 18 heavy (non-hydrogen) atoms. The van der Waals surface area contributed by atoms with E-state index in [0.29, 0.717) is 4.83 Å². The molecule has 0 fully saturated rings. The Bertz CT molecular complexity index is 299. The molecule has 1 aromatic rings. The summed E-state index contributed by atoms with van der Waals surface area (Å²) in [4.78, 5) is 0.301. The summed E-state index contributed by atoms with van der Waals surface area (Å²) < 4.78 is 5.63. The Hall–Kier alpha value is -0.340. The van der Waals surface area contributed by atoms with Crippen molar-refractivity contribution < 1.29 is 4.74 Å². The molecule has 0 aliphatic carbocycles. The summed E-state index contributed by atoms with van der Waals surface area (Å²) in [7, 11) is 1.81. The summed E-state index contributed by atoms with van der Waals surface area (Å²) in [5.41, 5.74) is 1.30. The van der Waals surface area contributed by atoms with Gasteiger partial charge in [0.25, 0.3) is 0 Å². The van der Waals surface area contributed by atoms with E-state index in [1.807, 2.05) is 7.11 Å². The number of benzene rings is 1. The minimum atomic E-state index is 0.272. The van der Waals surface area contributed by atoms with Crippen LogP contribution >= 0.6 is 15.9 Å². The normalized spacial score (nSPS) is 14.4. The van der Waals surface area contributed by atoms with Gasteiger partial charge < -0.3 is 4.74 Å². The highest BCUT2D eigenvalue weighted by Gasteiger charge is 2.19. The summed E-state index contributed by atoms with van der Waals surface area (Å²) in [6.07, 6.45) is 7.99. The Kier molecular flexibility index (Phi) is 8.36. The molecule has 0 bridgehead atoms. The van der Waals surface area contributed by atoms with E-state index < -0.39 is 0 Å². The molecule has 0 aliphatic rings. The zero-order chi connectivity index (χ0) is 13.2. The smallest absolute Gasteiger partial charge is 0.0737 e. The average Bonchev–Trinajstić information content (AvgIpc) is 2.43. The van der Waals surface area contributed by atoms with Crippen molar-refractivity contribution in [2.75, 3.05) is 7.11 Å². The fourth-order valence-corrected chi connectivity index (χ4v) is 2.97. The highest BCUT2D eigenvalue weighted by Crippen LogP contribution is 2.30. The fourth-order valence-electron chi connectivity index (χ4n) is 2.18. The summed E-state index contributed by atoms with van der Waals surface area (Å²) >= 11 is 3.77. The fraction of sp³-hybridized carbons (Fsp3) is 0.625. The number of alkyl halides is 1. The first kappa shape index (κ1) is 15.7. The predicted octanol–water partition coefficient (Wildman–Crippen LogP) is 5.50. The largest absolute Gasteiger partial charge is 0.380 e. The Morgan fingerprint density at radius 1 is 1.06 bits per heavy atom.